The Bertz CT molecular complexity index is 748. The molecule has 2 amide bonds. The summed E-state index contributed by atoms with van der Waals surface area (Å²) in [6, 6.07) is 6.81. The zero-order valence-electron chi connectivity index (χ0n) is 14.6. The van der Waals surface area contributed by atoms with Crippen LogP contribution in [0.15, 0.2) is 36.7 Å². The van der Waals surface area contributed by atoms with Crippen molar-refractivity contribution in [1.29, 1.82) is 0 Å². The topological polar surface area (TPSA) is 102 Å². The van der Waals surface area contributed by atoms with E-state index in [9.17, 15) is 9.59 Å². The number of carbonyl (C=O) groups excluding carboxylic acids is 2. The van der Waals surface area contributed by atoms with Crippen molar-refractivity contribution < 1.29 is 9.59 Å². The normalized spacial score (nSPS) is 11.6. The number of rotatable bonds is 7. The van der Waals surface area contributed by atoms with E-state index < -0.39 is 6.04 Å². The predicted octanol–water partition coefficient (Wildman–Crippen LogP) is 2.04. The Labute approximate surface area is 163 Å². The van der Waals surface area contributed by atoms with Gasteiger partial charge in [-0.2, -0.15) is 0 Å². The summed E-state index contributed by atoms with van der Waals surface area (Å²) in [5, 5.41) is 5.83. The highest BCUT2D eigenvalue weighted by Crippen LogP contribution is 2.17. The van der Waals surface area contributed by atoms with Crippen LogP contribution in [0.4, 0.5) is 5.95 Å². The highest BCUT2D eigenvalue weighted by molar-refractivity contribution is 6.31. The molecule has 0 spiro atoms. The number of hydrogen-bond acceptors (Lipinski definition) is 4. The van der Waals surface area contributed by atoms with Gasteiger partial charge in [-0.3, -0.25) is 14.9 Å². The summed E-state index contributed by atoms with van der Waals surface area (Å²) in [6.07, 6.45) is 3.33. The Kier molecular flexibility index (Phi) is 8.57. The average Bonchev–Trinajstić information content (AvgIpc) is 3.00. The lowest BCUT2D eigenvalue weighted by Crippen LogP contribution is -2.46. The van der Waals surface area contributed by atoms with Crippen molar-refractivity contribution in [2.24, 2.45) is 11.7 Å². The second-order valence-electron chi connectivity index (χ2n) is 6.01. The number of nitrogens with two attached hydrogens (primary N) is 1. The second kappa shape index (κ2) is 10.2. The van der Waals surface area contributed by atoms with E-state index in [-0.39, 0.29) is 36.7 Å². The Morgan fingerprint density at radius 2 is 2.00 bits per heavy atom. The number of halogens is 2. The number of amides is 2. The summed E-state index contributed by atoms with van der Waals surface area (Å²) >= 11 is 6.16. The van der Waals surface area contributed by atoms with E-state index >= 15 is 0 Å². The van der Waals surface area contributed by atoms with Gasteiger partial charge in [0, 0.05) is 17.4 Å². The van der Waals surface area contributed by atoms with Gasteiger partial charge in [-0.25, -0.2) is 4.98 Å². The van der Waals surface area contributed by atoms with E-state index in [1.165, 1.54) is 0 Å². The molecular weight excluding hydrogens is 377 g/mol. The van der Waals surface area contributed by atoms with Crippen molar-refractivity contribution in [2.45, 2.75) is 26.4 Å². The molecule has 0 unspecified atom stereocenters. The van der Waals surface area contributed by atoms with Crippen molar-refractivity contribution in [3.63, 3.8) is 0 Å². The summed E-state index contributed by atoms with van der Waals surface area (Å²) in [5.41, 5.74) is 6.64. The molecule has 0 aliphatic heterocycles. The lowest BCUT2D eigenvalue weighted by molar-refractivity contribution is -0.125. The van der Waals surface area contributed by atoms with Crippen LogP contribution in [0.5, 0.6) is 0 Å². The minimum Gasteiger partial charge on any atom is -0.346 e. The Hall–Kier alpha value is -2.09. The van der Waals surface area contributed by atoms with Gasteiger partial charge < -0.3 is 15.6 Å². The summed E-state index contributed by atoms with van der Waals surface area (Å²) in [7, 11) is 0. The highest BCUT2D eigenvalue weighted by atomic mass is 35.5. The first-order valence-corrected chi connectivity index (χ1v) is 8.34. The maximum Gasteiger partial charge on any atom is 0.246 e. The first-order chi connectivity index (χ1) is 11.9. The van der Waals surface area contributed by atoms with Crippen LogP contribution in [0.25, 0.3) is 0 Å². The molecule has 0 saturated heterocycles. The van der Waals surface area contributed by atoms with Crippen molar-refractivity contribution in [1.82, 2.24) is 14.9 Å². The lowest BCUT2D eigenvalue weighted by Gasteiger charge is -2.15. The molecule has 0 aliphatic rings. The quantitative estimate of drug-likeness (QED) is 0.662. The van der Waals surface area contributed by atoms with Crippen LogP contribution in [-0.4, -0.2) is 34.0 Å². The van der Waals surface area contributed by atoms with Crippen LogP contribution >= 0.6 is 24.0 Å². The zero-order chi connectivity index (χ0) is 18.4. The van der Waals surface area contributed by atoms with Gasteiger partial charge >= 0.3 is 0 Å². The molecule has 1 atom stereocenters. The molecule has 1 aromatic carbocycles. The van der Waals surface area contributed by atoms with E-state index in [0.29, 0.717) is 17.5 Å². The fourth-order valence-corrected chi connectivity index (χ4v) is 2.32. The van der Waals surface area contributed by atoms with E-state index in [1.807, 2.05) is 32.0 Å². The minimum atomic E-state index is -0.644. The molecule has 0 radical (unpaired) electrons. The highest BCUT2D eigenvalue weighted by Gasteiger charge is 2.18. The summed E-state index contributed by atoms with van der Waals surface area (Å²) in [4.78, 5) is 27.9. The van der Waals surface area contributed by atoms with E-state index in [1.54, 1.807) is 23.0 Å². The molecule has 0 fully saturated rings. The summed E-state index contributed by atoms with van der Waals surface area (Å²) in [6.45, 7) is 3.99. The zero-order valence-corrected chi connectivity index (χ0v) is 16.2. The smallest absolute Gasteiger partial charge is 0.246 e. The fraction of sp³-hybridized carbons (Fsp3) is 0.353. The summed E-state index contributed by atoms with van der Waals surface area (Å²) < 4.78 is 1.76. The molecule has 9 heteroatoms. The number of anilines is 1. The van der Waals surface area contributed by atoms with Crippen LogP contribution in [0.3, 0.4) is 0 Å². The maximum atomic E-state index is 12.0. The third-order valence-corrected chi connectivity index (χ3v) is 4.08. The fourth-order valence-electron chi connectivity index (χ4n) is 2.13. The number of imidazole rings is 1. The predicted molar refractivity (Wildman–Crippen MR) is 104 cm³/mol. The van der Waals surface area contributed by atoms with Crippen LogP contribution in [0, 0.1) is 5.92 Å². The monoisotopic (exact) mass is 399 g/mol. The second-order valence-corrected chi connectivity index (χ2v) is 6.41. The van der Waals surface area contributed by atoms with E-state index in [2.05, 4.69) is 15.6 Å². The van der Waals surface area contributed by atoms with Crippen molar-refractivity contribution in [3.8, 4) is 0 Å². The molecule has 0 aliphatic carbocycles. The van der Waals surface area contributed by atoms with E-state index in [4.69, 9.17) is 17.3 Å². The van der Waals surface area contributed by atoms with Crippen LogP contribution in [-0.2, 0) is 16.1 Å². The average molecular weight is 400 g/mol. The molecule has 0 bridgehead atoms. The third kappa shape index (κ3) is 6.01. The lowest BCUT2D eigenvalue weighted by atomic mass is 10.1. The minimum absolute atomic E-state index is 0. The van der Waals surface area contributed by atoms with Crippen molar-refractivity contribution in [2.75, 3.05) is 11.9 Å². The van der Waals surface area contributed by atoms with Gasteiger partial charge in [0.05, 0.1) is 19.1 Å². The molecule has 4 N–H and O–H groups in total. The number of aromatic nitrogens is 2. The first kappa shape index (κ1) is 22.0. The van der Waals surface area contributed by atoms with Crippen LogP contribution < -0.4 is 16.4 Å². The molecule has 142 valence electrons. The Morgan fingerprint density at radius 3 is 2.65 bits per heavy atom. The molecule has 1 heterocycles. The Morgan fingerprint density at radius 1 is 1.31 bits per heavy atom. The van der Waals surface area contributed by atoms with Crippen molar-refractivity contribution in [3.05, 3.63) is 47.2 Å². The SMILES string of the molecule is CC(C)[C@H](N)C(=O)NCC(=O)Nc1nccn1Cc1ccccc1Cl.Cl. The molecular formula is C17H23Cl2N5O2. The largest absolute Gasteiger partial charge is 0.346 e. The van der Waals surface area contributed by atoms with E-state index in [0.717, 1.165) is 5.56 Å². The molecule has 2 aromatic rings. The maximum absolute atomic E-state index is 12.0. The van der Waals surface area contributed by atoms with Gasteiger partial charge in [-0.1, -0.05) is 43.6 Å². The molecule has 2 rings (SSSR count). The van der Waals surface area contributed by atoms with Gasteiger partial charge in [-0.05, 0) is 17.5 Å². The molecule has 1 aromatic heterocycles. The standard InChI is InChI=1S/C17H22ClN5O2.ClH/c1-11(2)15(19)16(25)21-9-14(24)22-17-20-7-8-23(17)10-12-5-3-4-6-13(12)18;/h3-8,11,15H,9-10,19H2,1-2H3,(H,21,25)(H,20,22,24);1H/t15-;/m0./s1. The number of carbonyl (C=O) groups is 2. The summed E-state index contributed by atoms with van der Waals surface area (Å²) in [5.74, 6) is -0.356. The molecule has 7 nitrogen and oxygen atoms in total. The van der Waals surface area contributed by atoms with Gasteiger partial charge in [0.2, 0.25) is 17.8 Å². The number of hydrogen-bond donors (Lipinski definition) is 3. The number of benzene rings is 1. The molecule has 0 saturated carbocycles. The van der Waals surface area contributed by atoms with Crippen molar-refractivity contribution >= 4 is 41.8 Å². The number of nitrogens with zero attached hydrogens (tertiary/aromatic N) is 2. The third-order valence-electron chi connectivity index (χ3n) is 3.71. The number of nitrogens with one attached hydrogen (secondary N) is 2. The Balaban J connectivity index is 0.00000338. The van der Waals surface area contributed by atoms with Crippen LogP contribution in [0.1, 0.15) is 19.4 Å². The molecule has 26 heavy (non-hydrogen) atoms. The first-order valence-electron chi connectivity index (χ1n) is 7.96. The van der Waals surface area contributed by atoms with Gasteiger partial charge in [0.15, 0.2) is 0 Å². The van der Waals surface area contributed by atoms with Crippen LogP contribution in [0.2, 0.25) is 5.02 Å². The van der Waals surface area contributed by atoms with Gasteiger partial charge in [-0.15, -0.1) is 12.4 Å². The van der Waals surface area contributed by atoms with Gasteiger partial charge in [0.25, 0.3) is 0 Å². The van der Waals surface area contributed by atoms with Gasteiger partial charge in [0.1, 0.15) is 0 Å².